The molecular weight excluding hydrogens is 432 g/mol. The van der Waals surface area contributed by atoms with Crippen LogP contribution in [0, 0.1) is 12.3 Å². The Morgan fingerprint density at radius 2 is 1.79 bits per heavy atom. The van der Waals surface area contributed by atoms with Crippen molar-refractivity contribution in [3.63, 3.8) is 0 Å². The number of benzene rings is 2. The number of fused-ring (bicyclic) bond motifs is 1. The highest BCUT2D eigenvalue weighted by molar-refractivity contribution is 5.92. The van der Waals surface area contributed by atoms with Gasteiger partial charge in [-0.25, -0.2) is 4.79 Å². The molecule has 34 heavy (non-hydrogen) atoms. The van der Waals surface area contributed by atoms with Gasteiger partial charge in [0.05, 0.1) is 16.9 Å². The molecule has 1 aliphatic heterocycles. The topological polar surface area (TPSA) is 71.1 Å². The molecule has 178 valence electrons. The van der Waals surface area contributed by atoms with Crippen LogP contribution in [0.5, 0.6) is 11.5 Å². The minimum absolute atomic E-state index is 0.177. The number of carbonyl (C=O) groups excluding carboxylic acids is 2. The summed E-state index contributed by atoms with van der Waals surface area (Å²) in [4.78, 5) is 23.7. The quantitative estimate of drug-likeness (QED) is 0.182. The lowest BCUT2D eigenvalue weighted by Crippen LogP contribution is -2.41. The van der Waals surface area contributed by atoms with E-state index in [1.54, 1.807) is 18.2 Å². The normalized spacial score (nSPS) is 15.2. The summed E-state index contributed by atoms with van der Waals surface area (Å²) in [6, 6.07) is 10.5. The summed E-state index contributed by atoms with van der Waals surface area (Å²) in [5.41, 5.74) is 2.13. The van der Waals surface area contributed by atoms with Gasteiger partial charge in [0.1, 0.15) is 17.1 Å². The van der Waals surface area contributed by atoms with E-state index in [1.165, 1.54) is 6.92 Å². The summed E-state index contributed by atoms with van der Waals surface area (Å²) < 4.78 is 21.8. The molecule has 0 saturated heterocycles. The first-order valence-corrected chi connectivity index (χ1v) is 11.0. The first kappa shape index (κ1) is 24.9. The molecule has 0 radical (unpaired) electrons. The van der Waals surface area contributed by atoms with Gasteiger partial charge in [0.2, 0.25) is 6.79 Å². The number of rotatable bonds is 7. The Labute approximate surface area is 200 Å². The number of hydrogen-bond acceptors (Lipinski definition) is 6. The number of allylic oxidation sites excluding steroid dienone is 1. The van der Waals surface area contributed by atoms with Crippen LogP contribution >= 0.6 is 0 Å². The molecule has 0 aliphatic carbocycles. The largest absolute Gasteiger partial charge is 0.486 e. The molecule has 2 aromatic carbocycles. The zero-order valence-corrected chi connectivity index (χ0v) is 20.3. The number of carbonyl (C=O) groups is 2. The zero-order valence-electron chi connectivity index (χ0n) is 20.3. The Balaban J connectivity index is 1.72. The number of ether oxygens (including phenoxy) is 4. The van der Waals surface area contributed by atoms with Crippen molar-refractivity contribution in [1.82, 2.24) is 0 Å². The molecule has 6 nitrogen and oxygen atoms in total. The lowest BCUT2D eigenvalue weighted by Gasteiger charge is -2.43. The molecule has 0 spiro atoms. The molecule has 1 aliphatic rings. The molecule has 0 saturated carbocycles. The van der Waals surface area contributed by atoms with Gasteiger partial charge < -0.3 is 18.9 Å². The second-order valence-corrected chi connectivity index (χ2v) is 9.61. The predicted molar refractivity (Wildman–Crippen MR) is 129 cm³/mol. The third-order valence-electron chi connectivity index (χ3n) is 5.52. The van der Waals surface area contributed by atoms with E-state index in [0.29, 0.717) is 34.8 Å². The van der Waals surface area contributed by atoms with Gasteiger partial charge in [0.25, 0.3) is 0 Å². The third kappa shape index (κ3) is 5.99. The van der Waals surface area contributed by atoms with E-state index in [0.717, 1.165) is 17.5 Å². The lowest BCUT2D eigenvalue weighted by atomic mass is 9.72. The van der Waals surface area contributed by atoms with Gasteiger partial charge in [0.15, 0.2) is 0 Å². The van der Waals surface area contributed by atoms with Crippen LogP contribution in [0.1, 0.15) is 68.1 Å². The molecule has 0 N–H and O–H groups in total. The maximum absolute atomic E-state index is 12.9. The van der Waals surface area contributed by atoms with Gasteiger partial charge in [-0.2, -0.15) is 0 Å². The van der Waals surface area contributed by atoms with E-state index < -0.39 is 11.9 Å². The summed E-state index contributed by atoms with van der Waals surface area (Å²) in [7, 11) is 0. The number of hydrogen-bond donors (Lipinski definition) is 0. The van der Waals surface area contributed by atoms with Crippen molar-refractivity contribution in [3.8, 4) is 23.8 Å². The van der Waals surface area contributed by atoms with Crippen molar-refractivity contribution >= 4 is 11.9 Å². The Hall–Kier alpha value is -3.72. The maximum atomic E-state index is 12.9. The highest BCUT2D eigenvalue weighted by Gasteiger charge is 2.40. The molecule has 0 fully saturated rings. The monoisotopic (exact) mass is 462 g/mol. The van der Waals surface area contributed by atoms with Crippen molar-refractivity contribution < 1.29 is 28.5 Å². The summed E-state index contributed by atoms with van der Waals surface area (Å²) in [5, 5.41) is 0. The Bertz CT molecular complexity index is 1150. The summed E-state index contributed by atoms with van der Waals surface area (Å²) in [6.07, 6.45) is 6.96. The predicted octanol–water partition coefficient (Wildman–Crippen LogP) is 5.32. The van der Waals surface area contributed by atoms with Crippen LogP contribution < -0.4 is 9.47 Å². The second kappa shape index (κ2) is 9.64. The molecule has 0 atom stereocenters. The molecule has 0 unspecified atom stereocenters. The zero-order chi connectivity index (χ0) is 25.1. The van der Waals surface area contributed by atoms with Gasteiger partial charge in [0, 0.05) is 18.9 Å². The molecule has 6 heteroatoms. The van der Waals surface area contributed by atoms with Gasteiger partial charge in [-0.15, -0.1) is 6.42 Å². The van der Waals surface area contributed by atoms with Crippen molar-refractivity contribution in [1.29, 1.82) is 0 Å². The van der Waals surface area contributed by atoms with E-state index in [9.17, 15) is 9.59 Å². The van der Waals surface area contributed by atoms with E-state index in [4.69, 9.17) is 25.4 Å². The van der Waals surface area contributed by atoms with Crippen molar-refractivity contribution in [2.24, 2.45) is 0 Å². The summed E-state index contributed by atoms with van der Waals surface area (Å²) in [6.45, 7) is 13.2. The van der Waals surface area contributed by atoms with Crippen molar-refractivity contribution in [2.45, 2.75) is 58.5 Å². The Kier molecular flexibility index (Phi) is 7.07. The molecule has 2 aromatic rings. The minimum atomic E-state index is -0.498. The van der Waals surface area contributed by atoms with Crippen LogP contribution in [0.2, 0.25) is 0 Å². The molecule has 3 rings (SSSR count). The fourth-order valence-electron chi connectivity index (χ4n) is 4.25. The van der Waals surface area contributed by atoms with Crippen LogP contribution in [0.15, 0.2) is 48.7 Å². The van der Waals surface area contributed by atoms with Crippen LogP contribution in [0.4, 0.5) is 0 Å². The molecule has 0 aromatic heterocycles. The van der Waals surface area contributed by atoms with Crippen LogP contribution in [0.3, 0.4) is 0 Å². The van der Waals surface area contributed by atoms with Crippen LogP contribution in [0.25, 0.3) is 0 Å². The molecule has 1 heterocycles. The van der Waals surface area contributed by atoms with Gasteiger partial charge in [-0.3, -0.25) is 4.79 Å². The summed E-state index contributed by atoms with van der Waals surface area (Å²) >= 11 is 0. The number of terminal acetylenes is 1. The van der Waals surface area contributed by atoms with Gasteiger partial charge in [-0.05, 0) is 55.5 Å². The first-order chi connectivity index (χ1) is 15.9. The molecule has 0 amide bonds. The third-order valence-corrected chi connectivity index (χ3v) is 5.52. The van der Waals surface area contributed by atoms with Gasteiger partial charge in [-0.1, -0.05) is 38.5 Å². The fraction of sp³-hybridized carbons (Fsp3) is 0.357. The lowest BCUT2D eigenvalue weighted by molar-refractivity contribution is -0.150. The maximum Gasteiger partial charge on any atom is 0.343 e. The molecular formula is C28H30O6. The van der Waals surface area contributed by atoms with E-state index in [2.05, 4.69) is 26.3 Å². The van der Waals surface area contributed by atoms with E-state index >= 15 is 0 Å². The Morgan fingerprint density at radius 3 is 2.41 bits per heavy atom. The van der Waals surface area contributed by atoms with E-state index in [-0.39, 0.29) is 17.8 Å². The van der Waals surface area contributed by atoms with Crippen molar-refractivity contribution in [2.75, 3.05) is 6.79 Å². The second-order valence-electron chi connectivity index (χ2n) is 9.61. The van der Waals surface area contributed by atoms with Crippen LogP contribution in [-0.2, 0) is 26.1 Å². The average molecular weight is 463 g/mol. The highest BCUT2D eigenvalue weighted by Crippen LogP contribution is 2.46. The van der Waals surface area contributed by atoms with Crippen LogP contribution in [-0.4, -0.2) is 24.3 Å². The SMILES string of the molecule is C#Cc1cc(C(=O)Oc2ccc(CC(=C)OCOC(C)=O)cc2)cc2c1OC(C)(C)CC2(C)C. The molecule has 0 bridgehead atoms. The van der Waals surface area contributed by atoms with Gasteiger partial charge >= 0.3 is 11.9 Å². The number of esters is 2. The summed E-state index contributed by atoms with van der Waals surface area (Å²) in [5.74, 6) is 3.24. The average Bonchev–Trinajstić information content (AvgIpc) is 2.73. The van der Waals surface area contributed by atoms with Crippen molar-refractivity contribution in [3.05, 3.63) is 71.0 Å². The standard InChI is InChI=1S/C28H30O6/c1-8-21-14-22(15-24-25(21)34-28(6,7)16-27(24,4)5)26(30)33-23-11-9-20(10-12-23)13-18(2)31-17-32-19(3)29/h1,9-12,14-15H,2,13,16-17H2,3-7H3. The Morgan fingerprint density at radius 1 is 1.12 bits per heavy atom. The minimum Gasteiger partial charge on any atom is -0.486 e. The smallest absolute Gasteiger partial charge is 0.343 e. The van der Waals surface area contributed by atoms with E-state index in [1.807, 2.05) is 32.0 Å². The fourth-order valence-corrected chi connectivity index (χ4v) is 4.25. The first-order valence-electron chi connectivity index (χ1n) is 11.0. The highest BCUT2D eigenvalue weighted by atomic mass is 16.7.